The van der Waals surface area contributed by atoms with Crippen LogP contribution in [-0.4, -0.2) is 77.7 Å². The molecule has 1 unspecified atom stereocenters. The van der Waals surface area contributed by atoms with E-state index in [-0.39, 0.29) is 37.4 Å². The Balaban J connectivity index is 1.47. The minimum atomic E-state index is -5.04. The number of ether oxygens (including phenoxy) is 1. The number of nitrogens with zero attached hydrogens (tertiary/aromatic N) is 1. The fraction of sp³-hybridized carbons (Fsp3) is 0.467. The molecular weight excluding hydrogens is 656 g/mol. The largest absolute Gasteiger partial charge is 0.471 e. The molecule has 0 spiro atoms. The first kappa shape index (κ1) is 37.5. The lowest BCUT2D eigenvalue weighted by atomic mass is 10.0. The number of rotatable bonds is 14. The molecule has 17 heteroatoms. The van der Waals surface area contributed by atoms with E-state index in [4.69, 9.17) is 10.5 Å². The summed E-state index contributed by atoms with van der Waals surface area (Å²) in [4.78, 5) is 50.6. The van der Waals surface area contributed by atoms with Gasteiger partial charge in [-0.15, -0.1) is 11.8 Å². The molecule has 3 rings (SSSR count). The van der Waals surface area contributed by atoms with Gasteiger partial charge in [-0.25, -0.2) is 18.0 Å². The summed E-state index contributed by atoms with van der Waals surface area (Å²) in [7, 11) is 0. The molecule has 1 saturated heterocycles. The highest BCUT2D eigenvalue weighted by atomic mass is 32.2. The second-order valence-corrected chi connectivity index (χ2v) is 12.2. The highest BCUT2D eigenvalue weighted by Crippen LogP contribution is 2.26. The molecule has 1 fully saturated rings. The predicted molar refractivity (Wildman–Crippen MR) is 161 cm³/mol. The minimum absolute atomic E-state index is 0.117. The van der Waals surface area contributed by atoms with Crippen molar-refractivity contribution in [1.29, 1.82) is 0 Å². The Morgan fingerprint density at radius 2 is 1.68 bits per heavy atom. The maximum absolute atomic E-state index is 14.0. The van der Waals surface area contributed by atoms with E-state index in [0.29, 0.717) is 29.1 Å². The van der Waals surface area contributed by atoms with Gasteiger partial charge >= 0.3 is 18.1 Å². The second-order valence-electron chi connectivity index (χ2n) is 11.0. The number of nitrogens with one attached hydrogen (secondary N) is 3. The predicted octanol–water partition coefficient (Wildman–Crippen LogP) is 3.24. The van der Waals surface area contributed by atoms with E-state index in [1.165, 1.54) is 16.7 Å². The molecule has 0 aliphatic carbocycles. The van der Waals surface area contributed by atoms with Crippen LogP contribution in [-0.2, 0) is 36.9 Å². The van der Waals surface area contributed by atoms with E-state index in [0.717, 1.165) is 0 Å². The van der Waals surface area contributed by atoms with Crippen molar-refractivity contribution in [2.75, 3.05) is 30.8 Å². The second kappa shape index (κ2) is 16.7. The van der Waals surface area contributed by atoms with Crippen LogP contribution in [0, 0.1) is 23.4 Å². The van der Waals surface area contributed by atoms with Crippen molar-refractivity contribution in [2.24, 2.45) is 11.7 Å². The smallest absolute Gasteiger partial charge is 0.462 e. The van der Waals surface area contributed by atoms with Crippen molar-refractivity contribution in [2.45, 2.75) is 56.9 Å². The van der Waals surface area contributed by atoms with Crippen LogP contribution in [0.25, 0.3) is 0 Å². The molecule has 5 N–H and O–H groups in total. The molecule has 0 aromatic heterocycles. The van der Waals surface area contributed by atoms with Gasteiger partial charge in [-0.05, 0) is 41.7 Å². The molecule has 3 atom stereocenters. The maximum atomic E-state index is 14.0. The molecule has 0 bridgehead atoms. The van der Waals surface area contributed by atoms with Gasteiger partial charge in [0.05, 0.1) is 6.54 Å². The number of hydrogen-bond donors (Lipinski definition) is 4. The van der Waals surface area contributed by atoms with Crippen LogP contribution in [0.1, 0.15) is 31.4 Å². The van der Waals surface area contributed by atoms with Crippen LogP contribution in [0.15, 0.2) is 36.4 Å². The highest BCUT2D eigenvalue weighted by molar-refractivity contribution is 8.00. The average molecular weight is 692 g/mol. The molecule has 2 aromatic rings. The SMILES string of the molecule is CC(C)C(Nc1ccc(CNC(=O)[C@@H]2SCCN2C(=O)C[C@H](N)Cc2cc(F)c(F)cc2F)cc1)C(=O)OCCNC(=O)C(F)(F)F. The van der Waals surface area contributed by atoms with Gasteiger partial charge in [-0.3, -0.25) is 14.4 Å². The number of halogens is 6. The molecule has 1 aliphatic rings. The highest BCUT2D eigenvalue weighted by Gasteiger charge is 2.38. The van der Waals surface area contributed by atoms with Crippen molar-refractivity contribution in [3.05, 3.63) is 65.0 Å². The van der Waals surface area contributed by atoms with Crippen LogP contribution in [0.2, 0.25) is 0 Å². The van der Waals surface area contributed by atoms with E-state index >= 15 is 0 Å². The van der Waals surface area contributed by atoms with E-state index in [1.54, 1.807) is 43.4 Å². The third-order valence-corrected chi connectivity index (χ3v) is 8.20. The number of esters is 1. The summed E-state index contributed by atoms with van der Waals surface area (Å²) in [5.74, 6) is -7.00. The van der Waals surface area contributed by atoms with Crippen molar-refractivity contribution >= 4 is 41.1 Å². The van der Waals surface area contributed by atoms with Gasteiger partial charge in [0.25, 0.3) is 5.91 Å². The number of amides is 3. The Kier molecular flexibility index (Phi) is 13.3. The number of alkyl halides is 3. The number of hydrogen-bond acceptors (Lipinski definition) is 8. The van der Waals surface area contributed by atoms with Crippen molar-refractivity contribution in [3.8, 4) is 0 Å². The monoisotopic (exact) mass is 691 g/mol. The van der Waals surface area contributed by atoms with E-state index in [1.807, 2.05) is 0 Å². The number of thioether (sulfide) groups is 1. The van der Waals surface area contributed by atoms with Crippen molar-refractivity contribution in [3.63, 3.8) is 0 Å². The lowest BCUT2D eigenvalue weighted by Gasteiger charge is -2.24. The molecule has 47 heavy (non-hydrogen) atoms. The van der Waals surface area contributed by atoms with Gasteiger partial charge in [0.15, 0.2) is 17.0 Å². The van der Waals surface area contributed by atoms with E-state index in [9.17, 15) is 45.5 Å². The molecule has 0 saturated carbocycles. The number of benzene rings is 2. The third-order valence-electron chi connectivity index (χ3n) is 7.00. The fourth-order valence-corrected chi connectivity index (χ4v) is 5.70. The van der Waals surface area contributed by atoms with Gasteiger partial charge < -0.3 is 31.3 Å². The molecule has 258 valence electrons. The van der Waals surface area contributed by atoms with Crippen LogP contribution < -0.4 is 21.7 Å². The van der Waals surface area contributed by atoms with Gasteiger partial charge in [-0.2, -0.15) is 13.2 Å². The van der Waals surface area contributed by atoms with Crippen LogP contribution in [0.4, 0.5) is 32.0 Å². The van der Waals surface area contributed by atoms with Crippen LogP contribution >= 0.6 is 11.8 Å². The van der Waals surface area contributed by atoms with Crippen molar-refractivity contribution in [1.82, 2.24) is 15.5 Å². The maximum Gasteiger partial charge on any atom is 0.471 e. The third kappa shape index (κ3) is 11.1. The Morgan fingerprint density at radius 3 is 2.32 bits per heavy atom. The molecule has 0 radical (unpaired) electrons. The Morgan fingerprint density at radius 1 is 1.02 bits per heavy atom. The summed E-state index contributed by atoms with van der Waals surface area (Å²) in [6.07, 6.45) is -5.48. The lowest BCUT2D eigenvalue weighted by Crippen LogP contribution is -2.46. The summed E-state index contributed by atoms with van der Waals surface area (Å²) in [6, 6.07) is 6.09. The Bertz CT molecular complexity index is 1430. The molecule has 1 aliphatic heterocycles. The standard InChI is InChI=1S/C30H35F6N5O5S/c1-16(2)25(28(44)46-9-7-38-29(45)30(34,35)36)40-20-5-3-17(4-6-20)15-39-26(43)27-41(8-10-47-27)24(42)13-19(37)11-18-12-22(32)23(33)14-21(18)31/h3-6,12,14,16,19,25,27,40H,7-11,13,15,37H2,1-2H3,(H,38,45)(H,39,43)/t19-,25?,27+/m1/s1. The van der Waals surface area contributed by atoms with Gasteiger partial charge in [0, 0.05) is 43.1 Å². The van der Waals surface area contributed by atoms with E-state index < -0.39 is 77.9 Å². The number of carbonyl (C=O) groups is 4. The first-order chi connectivity index (χ1) is 22.1. The zero-order valence-corrected chi connectivity index (χ0v) is 26.3. The van der Waals surface area contributed by atoms with Gasteiger partial charge in [0.2, 0.25) is 5.91 Å². The zero-order chi connectivity index (χ0) is 34.9. The van der Waals surface area contributed by atoms with Gasteiger partial charge in [0.1, 0.15) is 18.5 Å². The summed E-state index contributed by atoms with van der Waals surface area (Å²) in [5.41, 5.74) is 7.06. The summed E-state index contributed by atoms with van der Waals surface area (Å²) in [6.45, 7) is 2.93. The Hall–Kier alpha value is -3.99. The topological polar surface area (TPSA) is 143 Å². The lowest BCUT2D eigenvalue weighted by molar-refractivity contribution is -0.173. The zero-order valence-electron chi connectivity index (χ0n) is 25.5. The molecule has 1 heterocycles. The molecular formula is C30H35F6N5O5S. The number of carbonyl (C=O) groups excluding carboxylic acids is 4. The normalized spacial score (nSPS) is 16.0. The number of nitrogens with two attached hydrogens (primary N) is 1. The summed E-state index contributed by atoms with van der Waals surface area (Å²) in [5, 5.41) is 6.57. The molecule has 2 aromatic carbocycles. The van der Waals surface area contributed by atoms with E-state index in [2.05, 4.69) is 10.6 Å². The first-order valence-electron chi connectivity index (χ1n) is 14.5. The molecule has 10 nitrogen and oxygen atoms in total. The number of anilines is 1. The Labute approximate surface area is 271 Å². The van der Waals surface area contributed by atoms with Crippen molar-refractivity contribution < 1.29 is 50.3 Å². The first-order valence-corrected chi connectivity index (χ1v) is 15.6. The summed E-state index contributed by atoms with van der Waals surface area (Å²) >= 11 is 1.26. The minimum Gasteiger partial charge on any atom is -0.462 e. The molecule has 3 amide bonds. The van der Waals surface area contributed by atoms with Crippen LogP contribution in [0.5, 0.6) is 0 Å². The van der Waals surface area contributed by atoms with Gasteiger partial charge in [-0.1, -0.05) is 26.0 Å². The quantitative estimate of drug-likeness (QED) is 0.102. The fourth-order valence-electron chi connectivity index (χ4n) is 4.54. The summed E-state index contributed by atoms with van der Waals surface area (Å²) < 4.78 is 82.5. The van der Waals surface area contributed by atoms with Crippen LogP contribution in [0.3, 0.4) is 0 Å². The average Bonchev–Trinajstić information content (AvgIpc) is 3.50.